The Morgan fingerprint density at radius 3 is 2.29 bits per heavy atom. The number of hydrogen-bond donors (Lipinski definition) is 1. The summed E-state index contributed by atoms with van der Waals surface area (Å²) in [7, 11) is 0. The second kappa shape index (κ2) is 5.82. The molecule has 0 bridgehead atoms. The van der Waals surface area contributed by atoms with E-state index in [1.807, 2.05) is 0 Å². The molecule has 110 valence electrons. The van der Waals surface area contributed by atoms with Gasteiger partial charge in [-0.3, -0.25) is 4.79 Å². The molecule has 2 aromatic rings. The van der Waals surface area contributed by atoms with Gasteiger partial charge in [-0.05, 0) is 43.7 Å². The number of nitrogens with one attached hydrogen (secondary N) is 1. The third-order valence-electron chi connectivity index (χ3n) is 3.18. The van der Waals surface area contributed by atoms with E-state index in [1.165, 1.54) is 30.3 Å². The highest BCUT2D eigenvalue weighted by atomic mass is 35.5. The maximum atomic E-state index is 13.7. The molecule has 2 aromatic carbocycles. The van der Waals surface area contributed by atoms with Gasteiger partial charge < -0.3 is 5.32 Å². The van der Waals surface area contributed by atoms with Crippen LogP contribution in [0, 0.1) is 11.6 Å². The van der Waals surface area contributed by atoms with Crippen LogP contribution in [0.4, 0.5) is 8.78 Å². The molecule has 21 heavy (non-hydrogen) atoms. The molecular weight excluding hydrogens is 296 g/mol. The number of amides is 1. The first-order valence-corrected chi connectivity index (χ1v) is 6.71. The molecule has 0 atom stereocenters. The molecule has 1 amide bonds. The first-order valence-electron chi connectivity index (χ1n) is 6.34. The van der Waals surface area contributed by atoms with Crippen LogP contribution in [0.25, 0.3) is 0 Å². The van der Waals surface area contributed by atoms with Gasteiger partial charge in [0.2, 0.25) is 0 Å². The van der Waals surface area contributed by atoms with Crippen molar-refractivity contribution in [2.75, 3.05) is 0 Å². The summed E-state index contributed by atoms with van der Waals surface area (Å²) in [4.78, 5) is 12.2. The highest BCUT2D eigenvalue weighted by molar-refractivity contribution is 6.33. The van der Waals surface area contributed by atoms with Gasteiger partial charge in [-0.15, -0.1) is 0 Å². The lowest BCUT2D eigenvalue weighted by Gasteiger charge is -2.27. The number of rotatable bonds is 3. The van der Waals surface area contributed by atoms with Gasteiger partial charge in [0.1, 0.15) is 11.6 Å². The van der Waals surface area contributed by atoms with Gasteiger partial charge in [0, 0.05) is 0 Å². The molecule has 5 heteroatoms. The van der Waals surface area contributed by atoms with Gasteiger partial charge in [-0.2, -0.15) is 0 Å². The lowest BCUT2D eigenvalue weighted by atomic mass is 9.94. The molecule has 0 fully saturated rings. The quantitative estimate of drug-likeness (QED) is 0.900. The van der Waals surface area contributed by atoms with Gasteiger partial charge in [0.15, 0.2) is 0 Å². The molecule has 1 N–H and O–H groups in total. The van der Waals surface area contributed by atoms with Gasteiger partial charge in [-0.1, -0.05) is 29.8 Å². The highest BCUT2D eigenvalue weighted by Gasteiger charge is 2.26. The van der Waals surface area contributed by atoms with E-state index in [2.05, 4.69) is 5.32 Å². The first-order chi connectivity index (χ1) is 9.81. The van der Waals surface area contributed by atoms with E-state index < -0.39 is 17.3 Å². The molecule has 0 radical (unpaired) electrons. The fourth-order valence-electron chi connectivity index (χ4n) is 2.00. The van der Waals surface area contributed by atoms with Crippen molar-refractivity contribution in [2.24, 2.45) is 0 Å². The lowest BCUT2D eigenvalue weighted by molar-refractivity contribution is 0.0908. The van der Waals surface area contributed by atoms with E-state index in [0.29, 0.717) is 5.56 Å². The minimum atomic E-state index is -0.795. The molecule has 0 aromatic heterocycles. The minimum absolute atomic E-state index is 0.0439. The van der Waals surface area contributed by atoms with E-state index in [0.717, 1.165) is 0 Å². The molecule has 0 aliphatic rings. The molecule has 0 saturated heterocycles. The SMILES string of the molecule is CC(C)(NC(=O)c1c(F)cccc1Cl)c1ccc(F)cc1. The second-order valence-corrected chi connectivity index (χ2v) is 5.59. The summed E-state index contributed by atoms with van der Waals surface area (Å²) in [6.07, 6.45) is 0. The largest absolute Gasteiger partial charge is 0.343 e. The number of carbonyl (C=O) groups excluding carboxylic acids is 1. The van der Waals surface area contributed by atoms with Crippen molar-refractivity contribution in [3.63, 3.8) is 0 Å². The average molecular weight is 310 g/mol. The van der Waals surface area contributed by atoms with Crippen molar-refractivity contribution >= 4 is 17.5 Å². The van der Waals surface area contributed by atoms with Crippen LogP contribution in [0.5, 0.6) is 0 Å². The summed E-state index contributed by atoms with van der Waals surface area (Å²) in [5.41, 5.74) is -0.296. The predicted octanol–water partition coefficient (Wildman–Crippen LogP) is 4.28. The summed E-state index contributed by atoms with van der Waals surface area (Å²) in [5.74, 6) is -1.67. The van der Waals surface area contributed by atoms with Crippen LogP contribution in [-0.2, 0) is 5.54 Å². The van der Waals surface area contributed by atoms with Crippen molar-refractivity contribution in [2.45, 2.75) is 19.4 Å². The van der Waals surface area contributed by atoms with E-state index in [1.54, 1.807) is 26.0 Å². The molecule has 0 aliphatic heterocycles. The fraction of sp³-hybridized carbons (Fsp3) is 0.188. The molecule has 0 aliphatic carbocycles. The molecule has 2 rings (SSSR count). The second-order valence-electron chi connectivity index (χ2n) is 5.18. The zero-order valence-corrected chi connectivity index (χ0v) is 12.3. The Morgan fingerprint density at radius 2 is 1.71 bits per heavy atom. The van der Waals surface area contributed by atoms with Crippen LogP contribution >= 0.6 is 11.6 Å². The van der Waals surface area contributed by atoms with Crippen LogP contribution in [0.2, 0.25) is 5.02 Å². The molecule has 0 unspecified atom stereocenters. The number of benzene rings is 2. The zero-order chi connectivity index (χ0) is 15.6. The van der Waals surface area contributed by atoms with Crippen LogP contribution in [0.1, 0.15) is 29.8 Å². The Labute approximate surface area is 126 Å². The molecule has 2 nitrogen and oxygen atoms in total. The topological polar surface area (TPSA) is 29.1 Å². The van der Waals surface area contributed by atoms with Crippen LogP contribution in [0.15, 0.2) is 42.5 Å². The average Bonchev–Trinajstić information content (AvgIpc) is 2.38. The maximum absolute atomic E-state index is 13.7. The van der Waals surface area contributed by atoms with Crippen LogP contribution in [-0.4, -0.2) is 5.91 Å². The fourth-order valence-corrected chi connectivity index (χ4v) is 2.25. The Morgan fingerprint density at radius 1 is 1.10 bits per heavy atom. The third-order valence-corrected chi connectivity index (χ3v) is 3.50. The standard InChI is InChI=1S/C16H14ClF2NO/c1-16(2,10-6-8-11(18)9-7-10)20-15(21)14-12(17)4-3-5-13(14)19/h3-9H,1-2H3,(H,20,21). The minimum Gasteiger partial charge on any atom is -0.343 e. The van der Waals surface area contributed by atoms with Crippen molar-refractivity contribution in [3.05, 3.63) is 70.2 Å². The monoisotopic (exact) mass is 309 g/mol. The van der Waals surface area contributed by atoms with Crippen LogP contribution in [0.3, 0.4) is 0 Å². The van der Waals surface area contributed by atoms with Crippen molar-refractivity contribution in [1.82, 2.24) is 5.32 Å². The van der Waals surface area contributed by atoms with Crippen molar-refractivity contribution in [1.29, 1.82) is 0 Å². The summed E-state index contributed by atoms with van der Waals surface area (Å²) in [5, 5.41) is 2.75. The smallest absolute Gasteiger partial charge is 0.256 e. The Kier molecular flexibility index (Phi) is 4.28. The van der Waals surface area contributed by atoms with Gasteiger partial charge in [-0.25, -0.2) is 8.78 Å². The summed E-state index contributed by atoms with van der Waals surface area (Å²) >= 11 is 5.87. The summed E-state index contributed by atoms with van der Waals surface area (Å²) in [6, 6.07) is 9.80. The van der Waals surface area contributed by atoms with E-state index >= 15 is 0 Å². The molecular formula is C16H14ClF2NO. The van der Waals surface area contributed by atoms with Crippen molar-refractivity contribution < 1.29 is 13.6 Å². The van der Waals surface area contributed by atoms with Crippen molar-refractivity contribution in [3.8, 4) is 0 Å². The Balaban J connectivity index is 2.28. The lowest BCUT2D eigenvalue weighted by Crippen LogP contribution is -2.41. The molecule has 0 spiro atoms. The Hall–Kier alpha value is -1.94. The van der Waals surface area contributed by atoms with E-state index in [-0.39, 0.29) is 16.4 Å². The van der Waals surface area contributed by atoms with Gasteiger partial charge in [0.05, 0.1) is 16.1 Å². The first kappa shape index (κ1) is 15.4. The van der Waals surface area contributed by atoms with Gasteiger partial charge >= 0.3 is 0 Å². The summed E-state index contributed by atoms with van der Waals surface area (Å²) < 4.78 is 26.7. The van der Waals surface area contributed by atoms with E-state index in [9.17, 15) is 13.6 Å². The molecule has 0 saturated carbocycles. The summed E-state index contributed by atoms with van der Waals surface area (Å²) in [6.45, 7) is 3.49. The Bertz CT molecular complexity index is 648. The normalized spacial score (nSPS) is 11.3. The van der Waals surface area contributed by atoms with Crippen LogP contribution < -0.4 is 5.32 Å². The van der Waals surface area contributed by atoms with Gasteiger partial charge in [0.25, 0.3) is 5.91 Å². The number of hydrogen-bond acceptors (Lipinski definition) is 1. The number of carbonyl (C=O) groups is 1. The maximum Gasteiger partial charge on any atom is 0.256 e. The third kappa shape index (κ3) is 3.39. The van der Waals surface area contributed by atoms with E-state index in [4.69, 9.17) is 11.6 Å². The predicted molar refractivity (Wildman–Crippen MR) is 78.3 cm³/mol. The molecule has 0 heterocycles. The zero-order valence-electron chi connectivity index (χ0n) is 11.6. The highest BCUT2D eigenvalue weighted by Crippen LogP contribution is 2.24. The number of halogens is 3.